The Morgan fingerprint density at radius 3 is 2.68 bits per heavy atom. The summed E-state index contributed by atoms with van der Waals surface area (Å²) in [6.07, 6.45) is 10.4. The molecule has 3 aromatic rings. The van der Waals surface area contributed by atoms with Gasteiger partial charge in [-0.2, -0.15) is 0 Å². The van der Waals surface area contributed by atoms with Gasteiger partial charge in [0.05, 0.1) is 11.7 Å². The maximum absolute atomic E-state index is 13.1. The lowest BCUT2D eigenvalue weighted by atomic mass is 9.98. The van der Waals surface area contributed by atoms with E-state index in [1.54, 1.807) is 6.33 Å². The molecule has 1 fully saturated rings. The van der Waals surface area contributed by atoms with Crippen molar-refractivity contribution in [3.8, 4) is 5.69 Å². The van der Waals surface area contributed by atoms with Crippen LogP contribution in [0.15, 0.2) is 61.3 Å². The van der Waals surface area contributed by atoms with Crippen LogP contribution in [-0.2, 0) is 6.42 Å². The first-order valence-electron chi connectivity index (χ1n) is 8.66. The summed E-state index contributed by atoms with van der Waals surface area (Å²) in [7, 11) is 0. The van der Waals surface area contributed by atoms with Gasteiger partial charge in [-0.1, -0.05) is 0 Å². The van der Waals surface area contributed by atoms with E-state index in [0.717, 1.165) is 41.8 Å². The lowest BCUT2D eigenvalue weighted by Crippen LogP contribution is -2.42. The van der Waals surface area contributed by atoms with Gasteiger partial charge in [0.25, 0.3) is 5.91 Å². The Balaban J connectivity index is 1.45. The van der Waals surface area contributed by atoms with Gasteiger partial charge < -0.3 is 9.47 Å². The zero-order valence-corrected chi connectivity index (χ0v) is 13.7. The maximum Gasteiger partial charge on any atom is 0.254 e. The van der Waals surface area contributed by atoms with Gasteiger partial charge in [-0.3, -0.25) is 4.79 Å². The molecule has 2 bridgehead atoms. The summed E-state index contributed by atoms with van der Waals surface area (Å²) >= 11 is 0. The number of amides is 1. The molecule has 0 radical (unpaired) electrons. The number of nitrogens with zero attached hydrogens (tertiary/aromatic N) is 4. The predicted molar refractivity (Wildman–Crippen MR) is 93.4 cm³/mol. The van der Waals surface area contributed by atoms with Crippen molar-refractivity contribution < 1.29 is 4.79 Å². The van der Waals surface area contributed by atoms with Crippen LogP contribution < -0.4 is 0 Å². The molecular formula is C20H18N4O. The van der Waals surface area contributed by atoms with Gasteiger partial charge in [-0.15, -0.1) is 0 Å². The number of carbonyl (C=O) groups excluding carboxylic acids is 1. The number of rotatable bonds is 2. The van der Waals surface area contributed by atoms with Crippen molar-refractivity contribution >= 4 is 5.91 Å². The monoisotopic (exact) mass is 330 g/mol. The van der Waals surface area contributed by atoms with Crippen LogP contribution in [0.25, 0.3) is 5.69 Å². The SMILES string of the molecule is O=C(c1ccc(-n2cccc2)cc1)N1[C@H]2CC[C@H]1c1cncnc1C2. The van der Waals surface area contributed by atoms with Gasteiger partial charge in [-0.25, -0.2) is 9.97 Å². The third-order valence-electron chi connectivity index (χ3n) is 5.37. The third-order valence-corrected chi connectivity index (χ3v) is 5.37. The Morgan fingerprint density at radius 1 is 1.08 bits per heavy atom. The fraction of sp³-hybridized carbons (Fsp3) is 0.250. The van der Waals surface area contributed by atoms with Crippen molar-refractivity contribution in [1.82, 2.24) is 19.4 Å². The second kappa shape index (κ2) is 5.55. The number of hydrogen-bond donors (Lipinski definition) is 0. The molecule has 1 saturated heterocycles. The average molecular weight is 330 g/mol. The quantitative estimate of drug-likeness (QED) is 0.725. The highest BCUT2D eigenvalue weighted by Gasteiger charge is 2.43. The Labute approximate surface area is 146 Å². The fourth-order valence-electron chi connectivity index (χ4n) is 4.17. The molecule has 0 spiro atoms. The van der Waals surface area contributed by atoms with Crippen LogP contribution in [0.4, 0.5) is 0 Å². The standard InChI is InChI=1S/C20H18N4O/c25-20(14-3-5-15(6-4-14)23-9-1-2-10-23)24-16-7-8-19(24)17-12-21-13-22-18(17)11-16/h1-6,9-10,12-13,16,19H,7-8,11H2/t16-,19-/m0/s1. The molecule has 0 aliphatic carbocycles. The smallest absolute Gasteiger partial charge is 0.254 e. The van der Waals surface area contributed by atoms with Crippen LogP contribution in [0.5, 0.6) is 0 Å². The summed E-state index contributed by atoms with van der Waals surface area (Å²) in [6.45, 7) is 0. The zero-order valence-electron chi connectivity index (χ0n) is 13.7. The highest BCUT2D eigenvalue weighted by atomic mass is 16.2. The minimum absolute atomic E-state index is 0.112. The summed E-state index contributed by atoms with van der Waals surface area (Å²) in [6, 6.07) is 12.2. The Kier molecular flexibility index (Phi) is 3.20. The van der Waals surface area contributed by atoms with Crippen molar-refractivity contribution in [1.29, 1.82) is 0 Å². The molecule has 2 aliphatic heterocycles. The van der Waals surface area contributed by atoms with E-state index >= 15 is 0 Å². The van der Waals surface area contributed by atoms with Crippen molar-refractivity contribution in [3.63, 3.8) is 0 Å². The highest BCUT2D eigenvalue weighted by molar-refractivity contribution is 5.95. The molecule has 5 nitrogen and oxygen atoms in total. The molecule has 1 amide bonds. The van der Waals surface area contributed by atoms with E-state index in [1.807, 2.05) is 59.6 Å². The molecule has 0 N–H and O–H groups in total. The topological polar surface area (TPSA) is 51.0 Å². The Bertz CT molecular complexity index is 917. The number of fused-ring (bicyclic) bond motifs is 4. The molecule has 5 heteroatoms. The third kappa shape index (κ3) is 2.27. The molecule has 2 aliphatic rings. The van der Waals surface area contributed by atoms with E-state index < -0.39 is 0 Å². The molecule has 25 heavy (non-hydrogen) atoms. The minimum Gasteiger partial charge on any atom is -0.328 e. The molecule has 5 rings (SSSR count). The van der Waals surface area contributed by atoms with Crippen molar-refractivity contribution in [2.75, 3.05) is 0 Å². The van der Waals surface area contributed by atoms with Crippen LogP contribution in [0.3, 0.4) is 0 Å². The van der Waals surface area contributed by atoms with Gasteiger partial charge in [0.2, 0.25) is 0 Å². The van der Waals surface area contributed by atoms with Crippen LogP contribution in [-0.4, -0.2) is 31.4 Å². The van der Waals surface area contributed by atoms with Gasteiger partial charge in [0.15, 0.2) is 0 Å². The Morgan fingerprint density at radius 2 is 1.88 bits per heavy atom. The number of carbonyl (C=O) groups is 1. The number of benzene rings is 1. The van der Waals surface area contributed by atoms with E-state index in [0.29, 0.717) is 0 Å². The van der Waals surface area contributed by atoms with Crippen molar-refractivity contribution in [3.05, 3.63) is 78.1 Å². The maximum atomic E-state index is 13.1. The van der Waals surface area contributed by atoms with Gasteiger partial charge >= 0.3 is 0 Å². The summed E-state index contributed by atoms with van der Waals surface area (Å²) in [5.74, 6) is 0.112. The van der Waals surface area contributed by atoms with E-state index in [1.165, 1.54) is 0 Å². The molecular weight excluding hydrogens is 312 g/mol. The molecule has 0 unspecified atom stereocenters. The summed E-state index contributed by atoms with van der Waals surface area (Å²) in [5, 5.41) is 0. The normalized spacial score (nSPS) is 21.2. The fourth-order valence-corrected chi connectivity index (χ4v) is 4.17. The second-order valence-corrected chi connectivity index (χ2v) is 6.73. The van der Waals surface area contributed by atoms with Crippen LogP contribution in [0, 0.1) is 0 Å². The number of hydrogen-bond acceptors (Lipinski definition) is 3. The van der Waals surface area contributed by atoms with Crippen LogP contribution in [0.1, 0.15) is 40.5 Å². The molecule has 4 heterocycles. The van der Waals surface area contributed by atoms with Crippen LogP contribution in [0.2, 0.25) is 0 Å². The molecule has 124 valence electrons. The summed E-state index contributed by atoms with van der Waals surface area (Å²) in [5.41, 5.74) is 4.03. The highest BCUT2D eigenvalue weighted by Crippen LogP contribution is 2.43. The van der Waals surface area contributed by atoms with Gasteiger partial charge in [0.1, 0.15) is 6.33 Å². The second-order valence-electron chi connectivity index (χ2n) is 6.73. The first kappa shape index (κ1) is 14.4. The van der Waals surface area contributed by atoms with Crippen molar-refractivity contribution in [2.24, 2.45) is 0 Å². The van der Waals surface area contributed by atoms with E-state index in [-0.39, 0.29) is 18.0 Å². The zero-order chi connectivity index (χ0) is 16.8. The largest absolute Gasteiger partial charge is 0.328 e. The van der Waals surface area contributed by atoms with Crippen LogP contribution >= 0.6 is 0 Å². The first-order valence-corrected chi connectivity index (χ1v) is 8.66. The van der Waals surface area contributed by atoms with E-state index in [9.17, 15) is 4.79 Å². The van der Waals surface area contributed by atoms with E-state index in [2.05, 4.69) is 14.9 Å². The minimum atomic E-state index is 0.112. The summed E-state index contributed by atoms with van der Waals surface area (Å²) < 4.78 is 2.03. The molecule has 2 atom stereocenters. The summed E-state index contributed by atoms with van der Waals surface area (Å²) in [4.78, 5) is 23.8. The Hall–Kier alpha value is -2.95. The average Bonchev–Trinajstić information content (AvgIpc) is 3.29. The van der Waals surface area contributed by atoms with Crippen molar-refractivity contribution in [2.45, 2.75) is 31.3 Å². The van der Waals surface area contributed by atoms with Gasteiger partial charge in [0, 0.05) is 47.9 Å². The molecule has 1 aromatic carbocycles. The lowest BCUT2D eigenvalue weighted by molar-refractivity contribution is 0.0644. The lowest BCUT2D eigenvalue weighted by Gasteiger charge is -2.35. The van der Waals surface area contributed by atoms with Gasteiger partial charge in [-0.05, 0) is 49.2 Å². The number of aromatic nitrogens is 3. The molecule has 2 aromatic heterocycles. The molecule has 0 saturated carbocycles. The predicted octanol–water partition coefficient (Wildman–Crippen LogP) is 3.17. The van der Waals surface area contributed by atoms with E-state index in [4.69, 9.17) is 0 Å². The first-order chi connectivity index (χ1) is 12.3.